The van der Waals surface area contributed by atoms with Crippen LogP contribution in [0.5, 0.6) is 5.75 Å². The number of amides is 1. The summed E-state index contributed by atoms with van der Waals surface area (Å²) in [5.41, 5.74) is 0.671. The Bertz CT molecular complexity index is 572. The highest BCUT2D eigenvalue weighted by molar-refractivity contribution is 9.10. The maximum Gasteiger partial charge on any atom is 0.251 e. The summed E-state index contributed by atoms with van der Waals surface area (Å²) in [6.45, 7) is 1.32. The van der Waals surface area contributed by atoms with E-state index >= 15 is 0 Å². The Morgan fingerprint density at radius 1 is 1.05 bits per heavy atom. The van der Waals surface area contributed by atoms with E-state index in [0.717, 1.165) is 23.1 Å². The fourth-order valence-electron chi connectivity index (χ4n) is 1.87. The minimum Gasteiger partial charge on any atom is -0.494 e. The first-order chi connectivity index (χ1) is 10.3. The van der Waals surface area contributed by atoms with Crippen molar-refractivity contribution in [1.82, 2.24) is 5.32 Å². The Morgan fingerprint density at radius 3 is 2.62 bits per heavy atom. The second-order valence-electron chi connectivity index (χ2n) is 4.63. The fraction of sp³-hybridized carbons (Fsp3) is 0.235. The molecule has 0 saturated heterocycles. The summed E-state index contributed by atoms with van der Waals surface area (Å²) in [5, 5.41) is 2.91. The topological polar surface area (TPSA) is 38.3 Å². The maximum absolute atomic E-state index is 11.9. The Morgan fingerprint density at radius 2 is 1.86 bits per heavy atom. The van der Waals surface area contributed by atoms with Crippen molar-refractivity contribution in [3.8, 4) is 5.75 Å². The first-order valence-electron chi connectivity index (χ1n) is 6.97. The minimum absolute atomic E-state index is 0.0414. The van der Waals surface area contributed by atoms with Gasteiger partial charge in [-0.05, 0) is 43.2 Å². The highest BCUT2D eigenvalue weighted by Gasteiger charge is 2.04. The van der Waals surface area contributed by atoms with Gasteiger partial charge < -0.3 is 10.1 Å². The summed E-state index contributed by atoms with van der Waals surface area (Å²) in [7, 11) is 0. The highest BCUT2D eigenvalue weighted by Crippen LogP contribution is 2.11. The van der Waals surface area contributed by atoms with Crippen LogP contribution in [0.15, 0.2) is 59.1 Å². The number of carbonyl (C=O) groups excluding carboxylic acids is 1. The monoisotopic (exact) mass is 347 g/mol. The molecule has 0 aliphatic rings. The van der Waals surface area contributed by atoms with Crippen LogP contribution in [0.25, 0.3) is 0 Å². The average Bonchev–Trinajstić information content (AvgIpc) is 2.51. The zero-order valence-electron chi connectivity index (χ0n) is 11.7. The number of ether oxygens (including phenoxy) is 1. The van der Waals surface area contributed by atoms with Crippen molar-refractivity contribution in [3.63, 3.8) is 0 Å². The number of benzene rings is 2. The third-order valence-electron chi connectivity index (χ3n) is 2.96. The summed E-state index contributed by atoms with van der Waals surface area (Å²) < 4.78 is 6.50. The van der Waals surface area contributed by atoms with Gasteiger partial charge in [-0.25, -0.2) is 0 Å². The van der Waals surface area contributed by atoms with Crippen molar-refractivity contribution in [1.29, 1.82) is 0 Å². The van der Waals surface area contributed by atoms with Crippen LogP contribution in [-0.2, 0) is 0 Å². The van der Waals surface area contributed by atoms with Gasteiger partial charge in [0, 0.05) is 16.6 Å². The van der Waals surface area contributed by atoms with Crippen LogP contribution in [0, 0.1) is 0 Å². The van der Waals surface area contributed by atoms with Crippen molar-refractivity contribution < 1.29 is 9.53 Å². The Balaban J connectivity index is 1.60. The molecule has 2 rings (SSSR count). The van der Waals surface area contributed by atoms with Crippen molar-refractivity contribution in [2.24, 2.45) is 0 Å². The summed E-state index contributed by atoms with van der Waals surface area (Å²) >= 11 is 3.36. The molecule has 0 heterocycles. The van der Waals surface area contributed by atoms with E-state index in [4.69, 9.17) is 4.74 Å². The number of hydrogen-bond donors (Lipinski definition) is 1. The molecular formula is C17H18BrNO2. The predicted octanol–water partition coefficient (Wildman–Crippen LogP) is 4.04. The molecule has 110 valence electrons. The van der Waals surface area contributed by atoms with E-state index in [1.165, 1.54) is 0 Å². The van der Waals surface area contributed by atoms with Gasteiger partial charge in [-0.1, -0.05) is 40.2 Å². The van der Waals surface area contributed by atoms with Crippen LogP contribution in [0.4, 0.5) is 0 Å². The SMILES string of the molecule is O=C(NCCCCOc1ccccc1)c1cccc(Br)c1. The smallest absolute Gasteiger partial charge is 0.251 e. The molecule has 0 atom stereocenters. The molecule has 0 spiro atoms. The van der Waals surface area contributed by atoms with Gasteiger partial charge in [-0.2, -0.15) is 0 Å². The molecule has 0 aromatic heterocycles. The second kappa shape index (κ2) is 8.47. The summed E-state index contributed by atoms with van der Waals surface area (Å²) in [4.78, 5) is 11.9. The maximum atomic E-state index is 11.9. The fourth-order valence-corrected chi connectivity index (χ4v) is 2.27. The molecule has 21 heavy (non-hydrogen) atoms. The molecule has 4 heteroatoms. The number of carbonyl (C=O) groups is 1. The number of unbranched alkanes of at least 4 members (excludes halogenated alkanes) is 1. The molecule has 0 saturated carbocycles. The van der Waals surface area contributed by atoms with Gasteiger partial charge in [0.05, 0.1) is 6.61 Å². The van der Waals surface area contributed by atoms with Gasteiger partial charge in [-0.15, -0.1) is 0 Å². The van der Waals surface area contributed by atoms with Crippen LogP contribution < -0.4 is 10.1 Å². The van der Waals surface area contributed by atoms with Crippen molar-refractivity contribution in [2.75, 3.05) is 13.2 Å². The number of rotatable bonds is 7. The third kappa shape index (κ3) is 5.60. The van der Waals surface area contributed by atoms with E-state index in [0.29, 0.717) is 18.7 Å². The number of hydrogen-bond acceptors (Lipinski definition) is 2. The van der Waals surface area contributed by atoms with Gasteiger partial charge in [-0.3, -0.25) is 4.79 Å². The lowest BCUT2D eigenvalue weighted by atomic mass is 10.2. The van der Waals surface area contributed by atoms with Crippen LogP contribution in [0.2, 0.25) is 0 Å². The third-order valence-corrected chi connectivity index (χ3v) is 3.45. The lowest BCUT2D eigenvalue weighted by Crippen LogP contribution is -2.24. The predicted molar refractivity (Wildman–Crippen MR) is 87.6 cm³/mol. The molecule has 1 N–H and O–H groups in total. The van der Waals surface area contributed by atoms with Gasteiger partial charge in [0.1, 0.15) is 5.75 Å². The Kier molecular flexibility index (Phi) is 6.28. The second-order valence-corrected chi connectivity index (χ2v) is 5.55. The van der Waals surface area contributed by atoms with Gasteiger partial charge in [0.25, 0.3) is 5.91 Å². The summed E-state index contributed by atoms with van der Waals surface area (Å²) in [6, 6.07) is 17.1. The quantitative estimate of drug-likeness (QED) is 0.767. The highest BCUT2D eigenvalue weighted by atomic mass is 79.9. The summed E-state index contributed by atoms with van der Waals surface area (Å²) in [6.07, 6.45) is 1.81. The van der Waals surface area contributed by atoms with Crippen molar-refractivity contribution in [3.05, 3.63) is 64.6 Å². The number of nitrogens with one attached hydrogen (secondary N) is 1. The first kappa shape index (κ1) is 15.6. The summed E-state index contributed by atoms with van der Waals surface area (Å²) in [5.74, 6) is 0.843. The van der Waals surface area contributed by atoms with E-state index in [1.807, 2.05) is 48.5 Å². The number of para-hydroxylation sites is 1. The lowest BCUT2D eigenvalue weighted by Gasteiger charge is -2.07. The Labute approximate surface area is 133 Å². The molecule has 0 aliphatic heterocycles. The largest absolute Gasteiger partial charge is 0.494 e. The van der Waals surface area contributed by atoms with Crippen LogP contribution in [0.3, 0.4) is 0 Å². The van der Waals surface area contributed by atoms with Gasteiger partial charge >= 0.3 is 0 Å². The molecule has 0 fully saturated rings. The average molecular weight is 348 g/mol. The van der Waals surface area contributed by atoms with E-state index in [-0.39, 0.29) is 5.91 Å². The van der Waals surface area contributed by atoms with Crippen LogP contribution in [0.1, 0.15) is 23.2 Å². The van der Waals surface area contributed by atoms with Crippen LogP contribution in [-0.4, -0.2) is 19.1 Å². The van der Waals surface area contributed by atoms with Gasteiger partial charge in [0.2, 0.25) is 0 Å². The molecule has 0 radical (unpaired) electrons. The molecule has 2 aromatic rings. The number of halogens is 1. The normalized spacial score (nSPS) is 10.1. The van der Waals surface area contributed by atoms with E-state index in [2.05, 4.69) is 21.2 Å². The zero-order valence-corrected chi connectivity index (χ0v) is 13.3. The van der Waals surface area contributed by atoms with Gasteiger partial charge in [0.15, 0.2) is 0 Å². The first-order valence-corrected chi connectivity index (χ1v) is 7.76. The van der Waals surface area contributed by atoms with Crippen LogP contribution >= 0.6 is 15.9 Å². The Hall–Kier alpha value is -1.81. The lowest BCUT2D eigenvalue weighted by molar-refractivity contribution is 0.0952. The molecule has 0 unspecified atom stereocenters. The molecule has 2 aromatic carbocycles. The van der Waals surface area contributed by atoms with E-state index < -0.39 is 0 Å². The zero-order chi connectivity index (χ0) is 14.9. The molecule has 0 aliphatic carbocycles. The molecule has 0 bridgehead atoms. The van der Waals surface area contributed by atoms with Crippen molar-refractivity contribution >= 4 is 21.8 Å². The molecule has 1 amide bonds. The van der Waals surface area contributed by atoms with E-state index in [1.54, 1.807) is 6.07 Å². The molecule has 3 nitrogen and oxygen atoms in total. The van der Waals surface area contributed by atoms with E-state index in [9.17, 15) is 4.79 Å². The standard InChI is InChI=1S/C17H18BrNO2/c18-15-8-6-7-14(13-15)17(20)19-11-4-5-12-21-16-9-2-1-3-10-16/h1-3,6-10,13H,4-5,11-12H2,(H,19,20). The minimum atomic E-state index is -0.0414. The van der Waals surface area contributed by atoms with Crippen molar-refractivity contribution in [2.45, 2.75) is 12.8 Å². The molecular weight excluding hydrogens is 330 g/mol.